The number of pyridine rings is 1. The van der Waals surface area contributed by atoms with E-state index in [1.807, 2.05) is 19.9 Å². The number of nitrogens with zero attached hydrogens (tertiary/aromatic N) is 1. The summed E-state index contributed by atoms with van der Waals surface area (Å²) in [4.78, 5) is 0. The van der Waals surface area contributed by atoms with Crippen LogP contribution in [0.2, 0.25) is 0 Å². The maximum Gasteiger partial charge on any atom is 0.573 e. The first-order valence-electron chi connectivity index (χ1n) is 7.59. The van der Waals surface area contributed by atoms with Gasteiger partial charge in [0.2, 0.25) is 5.69 Å². The summed E-state index contributed by atoms with van der Waals surface area (Å²) in [5, 5.41) is 12.2. The Labute approximate surface area is 142 Å². The lowest BCUT2D eigenvalue weighted by Crippen LogP contribution is -2.30. The number of alkyl halides is 3. The second kappa shape index (κ2) is 5.98. The van der Waals surface area contributed by atoms with E-state index >= 15 is 0 Å². The van der Waals surface area contributed by atoms with E-state index in [0.29, 0.717) is 33.9 Å². The van der Waals surface area contributed by atoms with Gasteiger partial charge in [-0.05, 0) is 24.3 Å². The molecule has 7 heteroatoms. The quantitative estimate of drug-likeness (QED) is 0.605. The van der Waals surface area contributed by atoms with Gasteiger partial charge in [-0.3, -0.25) is 0 Å². The lowest BCUT2D eigenvalue weighted by atomic mass is 9.89. The molecular formula is C18H16F3NO3. The molecule has 0 fully saturated rings. The molecule has 2 heterocycles. The third kappa shape index (κ3) is 3.87. The fourth-order valence-corrected chi connectivity index (χ4v) is 2.67. The Kier molecular flexibility index (Phi) is 4.10. The first-order valence-corrected chi connectivity index (χ1v) is 7.59. The minimum absolute atomic E-state index is 0.325. The highest BCUT2D eigenvalue weighted by molar-refractivity contribution is 5.81. The molecule has 3 rings (SSSR count). The molecule has 1 aromatic heterocycles. The van der Waals surface area contributed by atoms with Crippen molar-refractivity contribution in [1.29, 1.82) is 0 Å². The van der Waals surface area contributed by atoms with Crippen LogP contribution in [0.25, 0.3) is 5.57 Å². The van der Waals surface area contributed by atoms with Crippen LogP contribution in [0.15, 0.2) is 48.7 Å². The minimum atomic E-state index is -4.80. The monoisotopic (exact) mass is 351 g/mol. The molecule has 1 aliphatic rings. The summed E-state index contributed by atoms with van der Waals surface area (Å²) in [5.41, 5.74) is 0.790. The second-order valence-corrected chi connectivity index (χ2v) is 6.45. The van der Waals surface area contributed by atoms with E-state index in [2.05, 4.69) is 4.74 Å². The van der Waals surface area contributed by atoms with Crippen molar-refractivity contribution in [3.8, 4) is 11.5 Å². The Morgan fingerprint density at radius 2 is 1.96 bits per heavy atom. The highest BCUT2D eigenvalue weighted by atomic mass is 19.4. The van der Waals surface area contributed by atoms with E-state index in [1.54, 1.807) is 18.2 Å². The van der Waals surface area contributed by atoms with Gasteiger partial charge in [0.1, 0.15) is 11.5 Å². The van der Waals surface area contributed by atoms with Crippen LogP contribution >= 0.6 is 0 Å². The number of hydrogen-bond acceptors (Lipinski definition) is 3. The molecular weight excluding hydrogens is 335 g/mol. The van der Waals surface area contributed by atoms with E-state index in [4.69, 9.17) is 4.74 Å². The molecule has 1 aliphatic heterocycles. The van der Waals surface area contributed by atoms with E-state index in [9.17, 15) is 18.4 Å². The van der Waals surface area contributed by atoms with E-state index in [0.717, 1.165) is 0 Å². The molecule has 132 valence electrons. The van der Waals surface area contributed by atoms with Gasteiger partial charge < -0.3 is 14.7 Å². The summed E-state index contributed by atoms with van der Waals surface area (Å²) in [7, 11) is 0. The van der Waals surface area contributed by atoms with Crippen molar-refractivity contribution in [1.82, 2.24) is 0 Å². The summed E-state index contributed by atoms with van der Waals surface area (Å²) >= 11 is 0. The molecule has 0 spiro atoms. The Hall–Kier alpha value is -2.70. The van der Waals surface area contributed by atoms with Gasteiger partial charge in [-0.25, -0.2) is 0 Å². The zero-order chi connectivity index (χ0) is 18.2. The molecule has 0 amide bonds. The number of fused-ring (bicyclic) bond motifs is 1. The van der Waals surface area contributed by atoms with Crippen molar-refractivity contribution in [3.63, 3.8) is 0 Å². The van der Waals surface area contributed by atoms with Crippen molar-refractivity contribution in [2.45, 2.75) is 20.2 Å². The maximum absolute atomic E-state index is 12.5. The normalized spacial score (nSPS) is 16.3. The van der Waals surface area contributed by atoms with Gasteiger partial charge in [-0.15, -0.1) is 13.2 Å². The second-order valence-electron chi connectivity index (χ2n) is 6.45. The summed E-state index contributed by atoms with van der Waals surface area (Å²) in [5.74, 6) is 0.0315. The molecule has 0 aliphatic carbocycles. The number of hydrogen-bond donors (Lipinski definition) is 0. The Morgan fingerprint density at radius 1 is 1.20 bits per heavy atom. The molecule has 0 bridgehead atoms. The Bertz CT molecular complexity index is 829. The van der Waals surface area contributed by atoms with Gasteiger partial charge >= 0.3 is 6.36 Å². The maximum atomic E-state index is 12.5. The summed E-state index contributed by atoms with van der Waals surface area (Å²) in [6.45, 7) is 4.17. The SMILES string of the molecule is CC1(C)C=C(c2cccc[n+]2[O-])c2cc(OC(F)(F)F)ccc2OC1. The Morgan fingerprint density at radius 3 is 2.64 bits per heavy atom. The van der Waals surface area contributed by atoms with Crippen molar-refractivity contribution in [2.24, 2.45) is 5.41 Å². The van der Waals surface area contributed by atoms with Crippen LogP contribution in [0.4, 0.5) is 13.2 Å². The summed E-state index contributed by atoms with van der Waals surface area (Å²) < 4.78 is 48.0. The molecule has 2 aromatic rings. The molecule has 0 N–H and O–H groups in total. The highest BCUT2D eigenvalue weighted by Crippen LogP contribution is 2.40. The average molecular weight is 351 g/mol. The molecule has 1 aromatic carbocycles. The van der Waals surface area contributed by atoms with Crippen LogP contribution in [0.3, 0.4) is 0 Å². The van der Waals surface area contributed by atoms with Gasteiger partial charge in [-0.1, -0.05) is 19.9 Å². The van der Waals surface area contributed by atoms with Gasteiger partial charge in [0, 0.05) is 23.1 Å². The van der Waals surface area contributed by atoms with Gasteiger partial charge in [0.15, 0.2) is 6.20 Å². The zero-order valence-electron chi connectivity index (χ0n) is 13.6. The lowest BCUT2D eigenvalue weighted by Gasteiger charge is -2.18. The predicted octanol–water partition coefficient (Wildman–Crippen LogP) is 4.07. The standard InChI is InChI=1S/C18H16F3NO3/c1-17(2)10-14(15-5-3-4-8-22(15)23)13-9-12(25-18(19,20)21)6-7-16(13)24-11-17/h3-10H,11H2,1-2H3. The molecule has 25 heavy (non-hydrogen) atoms. The summed E-state index contributed by atoms with van der Waals surface area (Å²) in [6.07, 6.45) is -1.63. The number of halogens is 3. The summed E-state index contributed by atoms with van der Waals surface area (Å²) in [6, 6.07) is 8.74. The third-order valence-electron chi connectivity index (χ3n) is 3.71. The van der Waals surface area contributed by atoms with Crippen molar-refractivity contribution >= 4 is 5.57 Å². The average Bonchev–Trinajstić information content (AvgIpc) is 2.63. The largest absolute Gasteiger partial charge is 0.618 e. The minimum Gasteiger partial charge on any atom is -0.618 e. The smallest absolute Gasteiger partial charge is 0.573 e. The van der Waals surface area contributed by atoms with Gasteiger partial charge in [-0.2, -0.15) is 4.73 Å². The first kappa shape index (κ1) is 17.1. The van der Waals surface area contributed by atoms with Crippen LogP contribution < -0.4 is 14.2 Å². The Balaban J connectivity index is 2.17. The van der Waals surface area contributed by atoms with E-state index < -0.39 is 11.8 Å². The van der Waals surface area contributed by atoms with Crippen LogP contribution in [-0.4, -0.2) is 13.0 Å². The van der Waals surface area contributed by atoms with Crippen molar-refractivity contribution in [2.75, 3.05) is 6.61 Å². The first-order chi connectivity index (χ1) is 11.6. The predicted molar refractivity (Wildman–Crippen MR) is 84.9 cm³/mol. The number of aromatic nitrogens is 1. The van der Waals surface area contributed by atoms with Crippen LogP contribution in [0.1, 0.15) is 25.1 Å². The van der Waals surface area contributed by atoms with E-state index in [1.165, 1.54) is 24.4 Å². The highest BCUT2D eigenvalue weighted by Gasteiger charge is 2.33. The fraction of sp³-hybridized carbons (Fsp3) is 0.278. The lowest BCUT2D eigenvalue weighted by molar-refractivity contribution is -0.607. The van der Waals surface area contributed by atoms with Crippen LogP contribution in [0.5, 0.6) is 11.5 Å². The van der Waals surface area contributed by atoms with Gasteiger partial charge in [0.25, 0.3) is 0 Å². The van der Waals surface area contributed by atoms with Crippen molar-refractivity contribution < 1.29 is 27.4 Å². The molecule has 0 saturated heterocycles. The van der Waals surface area contributed by atoms with Crippen LogP contribution in [-0.2, 0) is 0 Å². The number of ether oxygens (including phenoxy) is 2. The molecule has 0 radical (unpaired) electrons. The van der Waals surface area contributed by atoms with E-state index in [-0.39, 0.29) is 5.75 Å². The third-order valence-corrected chi connectivity index (χ3v) is 3.71. The molecule has 0 saturated carbocycles. The molecule has 4 nitrogen and oxygen atoms in total. The molecule has 0 atom stereocenters. The molecule has 0 unspecified atom stereocenters. The van der Waals surface area contributed by atoms with Gasteiger partial charge in [0.05, 0.1) is 12.2 Å². The van der Waals surface area contributed by atoms with Crippen molar-refractivity contribution in [3.05, 3.63) is 65.1 Å². The number of rotatable bonds is 2. The topological polar surface area (TPSA) is 45.4 Å². The fourth-order valence-electron chi connectivity index (χ4n) is 2.67. The number of benzene rings is 1. The zero-order valence-corrected chi connectivity index (χ0v) is 13.6. The van der Waals surface area contributed by atoms with Crippen LogP contribution in [0, 0.1) is 10.6 Å².